The summed E-state index contributed by atoms with van der Waals surface area (Å²) >= 11 is 0. The summed E-state index contributed by atoms with van der Waals surface area (Å²) in [7, 11) is 0. The smallest absolute Gasteiger partial charge is 0.407 e. The maximum Gasteiger partial charge on any atom is 0.407 e. The number of alkyl carbamates (subject to hydrolysis) is 1. The molecule has 0 heterocycles. The lowest BCUT2D eigenvalue weighted by atomic mass is 10.2. The van der Waals surface area contributed by atoms with Crippen LogP contribution in [0.2, 0.25) is 0 Å². The number of nitrogens with one attached hydrogen (secondary N) is 3. The van der Waals surface area contributed by atoms with Gasteiger partial charge in [0.15, 0.2) is 5.96 Å². The molecule has 8 heteroatoms. The van der Waals surface area contributed by atoms with Crippen LogP contribution >= 0.6 is 24.0 Å². The van der Waals surface area contributed by atoms with Crippen LogP contribution in [0.1, 0.15) is 52.9 Å². The molecule has 1 aliphatic carbocycles. The summed E-state index contributed by atoms with van der Waals surface area (Å²) in [5.74, 6) is 1.30. The molecule has 154 valence electrons. The van der Waals surface area contributed by atoms with E-state index in [1.165, 1.54) is 0 Å². The van der Waals surface area contributed by atoms with Crippen molar-refractivity contribution in [3.8, 4) is 0 Å². The van der Waals surface area contributed by atoms with E-state index in [1.807, 2.05) is 13.8 Å². The standard InChI is InChI=1S/C18H36N4O3.HI/c1-4-7-12-24-13-8-11-20-17(19-5-2)21-14-16(15-9-10-15)22-18(23)25-6-3;/h15-16H,4-14H2,1-3H3,(H,22,23)(H2,19,20,21);1H. The Bertz CT molecular complexity index is 393. The van der Waals surface area contributed by atoms with Crippen molar-refractivity contribution >= 4 is 36.0 Å². The van der Waals surface area contributed by atoms with Crippen molar-refractivity contribution in [2.24, 2.45) is 10.9 Å². The van der Waals surface area contributed by atoms with Gasteiger partial charge in [-0.15, -0.1) is 24.0 Å². The number of rotatable bonds is 13. The van der Waals surface area contributed by atoms with E-state index in [4.69, 9.17) is 9.47 Å². The van der Waals surface area contributed by atoms with Crippen LogP contribution in [-0.4, -0.2) is 57.5 Å². The molecule has 0 aromatic heterocycles. The molecule has 1 amide bonds. The number of carbonyl (C=O) groups is 1. The first-order valence-corrected chi connectivity index (χ1v) is 9.74. The number of unbranched alkanes of at least 4 members (excludes halogenated alkanes) is 1. The van der Waals surface area contributed by atoms with Gasteiger partial charge < -0.3 is 25.4 Å². The fourth-order valence-corrected chi connectivity index (χ4v) is 2.40. The normalized spacial score (nSPS) is 15.0. The molecule has 0 spiro atoms. The Morgan fingerprint density at radius 3 is 2.50 bits per heavy atom. The molecule has 0 aromatic carbocycles. The van der Waals surface area contributed by atoms with Gasteiger partial charge >= 0.3 is 6.09 Å². The summed E-state index contributed by atoms with van der Waals surface area (Å²) in [5.41, 5.74) is 0. The number of amides is 1. The van der Waals surface area contributed by atoms with Crippen LogP contribution in [0.5, 0.6) is 0 Å². The highest BCUT2D eigenvalue weighted by Crippen LogP contribution is 2.32. The highest BCUT2D eigenvalue weighted by atomic mass is 127. The Balaban J connectivity index is 0.00000625. The topological polar surface area (TPSA) is 84.0 Å². The Morgan fingerprint density at radius 1 is 1.15 bits per heavy atom. The SMILES string of the molecule is CCCCOCCCNC(=NCC(NC(=O)OCC)C1CC1)NCC.I. The average Bonchev–Trinajstić information content (AvgIpc) is 3.42. The lowest BCUT2D eigenvalue weighted by Gasteiger charge is -2.17. The van der Waals surface area contributed by atoms with Gasteiger partial charge in [0, 0.05) is 26.3 Å². The molecule has 1 unspecified atom stereocenters. The van der Waals surface area contributed by atoms with Crippen molar-refractivity contribution in [2.75, 3.05) is 39.5 Å². The third kappa shape index (κ3) is 12.6. The summed E-state index contributed by atoms with van der Waals surface area (Å²) in [6, 6.07) is 0.0480. The fourth-order valence-electron chi connectivity index (χ4n) is 2.40. The molecule has 0 saturated heterocycles. The van der Waals surface area contributed by atoms with E-state index in [1.54, 1.807) is 0 Å². The van der Waals surface area contributed by atoms with Gasteiger partial charge in [0.2, 0.25) is 0 Å². The number of hydrogen-bond donors (Lipinski definition) is 3. The number of hydrogen-bond acceptors (Lipinski definition) is 4. The van der Waals surface area contributed by atoms with Crippen LogP contribution in [0.15, 0.2) is 4.99 Å². The zero-order valence-corrected chi connectivity index (χ0v) is 18.8. The number of carbonyl (C=O) groups excluding carboxylic acids is 1. The molecular weight excluding hydrogens is 447 g/mol. The summed E-state index contributed by atoms with van der Waals surface area (Å²) in [4.78, 5) is 16.3. The highest BCUT2D eigenvalue weighted by Gasteiger charge is 2.32. The van der Waals surface area contributed by atoms with Crippen LogP contribution in [0.25, 0.3) is 0 Å². The van der Waals surface area contributed by atoms with Crippen molar-refractivity contribution in [3.05, 3.63) is 0 Å². The molecule has 3 N–H and O–H groups in total. The van der Waals surface area contributed by atoms with Gasteiger partial charge in [0.25, 0.3) is 0 Å². The average molecular weight is 484 g/mol. The predicted molar refractivity (Wildman–Crippen MR) is 116 cm³/mol. The number of guanidine groups is 1. The molecule has 0 aliphatic heterocycles. The molecule has 0 bridgehead atoms. The molecule has 1 atom stereocenters. The van der Waals surface area contributed by atoms with E-state index in [2.05, 4.69) is 27.9 Å². The van der Waals surface area contributed by atoms with E-state index in [-0.39, 0.29) is 36.1 Å². The van der Waals surface area contributed by atoms with Crippen LogP contribution in [0.3, 0.4) is 0 Å². The van der Waals surface area contributed by atoms with E-state index >= 15 is 0 Å². The quantitative estimate of drug-likeness (QED) is 0.162. The number of nitrogens with zero attached hydrogens (tertiary/aromatic N) is 1. The minimum atomic E-state index is -0.350. The lowest BCUT2D eigenvalue weighted by Crippen LogP contribution is -2.42. The molecule has 7 nitrogen and oxygen atoms in total. The van der Waals surface area contributed by atoms with Crippen molar-refractivity contribution in [1.29, 1.82) is 0 Å². The second kappa shape index (κ2) is 16.4. The fraction of sp³-hybridized carbons (Fsp3) is 0.889. The van der Waals surface area contributed by atoms with E-state index < -0.39 is 0 Å². The van der Waals surface area contributed by atoms with Gasteiger partial charge in [0.1, 0.15) is 0 Å². The number of halogens is 1. The summed E-state index contributed by atoms with van der Waals surface area (Å²) < 4.78 is 10.5. The lowest BCUT2D eigenvalue weighted by molar-refractivity contribution is 0.129. The Kier molecular flexibility index (Phi) is 15.9. The first-order chi connectivity index (χ1) is 12.2. The molecule has 1 rings (SSSR count). The zero-order chi connectivity index (χ0) is 18.3. The Morgan fingerprint density at radius 2 is 1.88 bits per heavy atom. The van der Waals surface area contributed by atoms with E-state index in [9.17, 15) is 4.79 Å². The largest absolute Gasteiger partial charge is 0.450 e. The first-order valence-electron chi connectivity index (χ1n) is 9.74. The van der Waals surface area contributed by atoms with Crippen LogP contribution < -0.4 is 16.0 Å². The molecule has 26 heavy (non-hydrogen) atoms. The molecular formula is C18H37IN4O3. The van der Waals surface area contributed by atoms with Gasteiger partial charge in [-0.2, -0.15) is 0 Å². The summed E-state index contributed by atoms with van der Waals surface area (Å²) in [6.07, 6.45) is 5.17. The maximum absolute atomic E-state index is 11.6. The van der Waals surface area contributed by atoms with Crippen LogP contribution in [0, 0.1) is 5.92 Å². The molecule has 1 fully saturated rings. The van der Waals surface area contributed by atoms with Gasteiger partial charge in [-0.1, -0.05) is 13.3 Å². The van der Waals surface area contributed by atoms with Gasteiger partial charge in [-0.25, -0.2) is 4.79 Å². The van der Waals surface area contributed by atoms with Crippen molar-refractivity contribution in [3.63, 3.8) is 0 Å². The van der Waals surface area contributed by atoms with Crippen molar-refractivity contribution in [1.82, 2.24) is 16.0 Å². The maximum atomic E-state index is 11.6. The predicted octanol–water partition coefficient (Wildman–Crippen LogP) is 2.89. The third-order valence-corrected chi connectivity index (χ3v) is 3.96. The Labute approximate surface area is 175 Å². The zero-order valence-electron chi connectivity index (χ0n) is 16.5. The monoisotopic (exact) mass is 484 g/mol. The molecule has 1 saturated carbocycles. The van der Waals surface area contributed by atoms with Gasteiger partial charge in [-0.3, -0.25) is 4.99 Å². The second-order valence-electron chi connectivity index (χ2n) is 6.27. The van der Waals surface area contributed by atoms with Crippen LogP contribution in [-0.2, 0) is 9.47 Å². The minimum Gasteiger partial charge on any atom is -0.450 e. The van der Waals surface area contributed by atoms with E-state index in [0.29, 0.717) is 19.1 Å². The van der Waals surface area contributed by atoms with Gasteiger partial charge in [-0.05, 0) is 45.4 Å². The highest BCUT2D eigenvalue weighted by molar-refractivity contribution is 14.0. The molecule has 0 aromatic rings. The minimum absolute atomic E-state index is 0. The number of aliphatic imine (C=N–C) groups is 1. The third-order valence-electron chi connectivity index (χ3n) is 3.96. The number of ether oxygens (including phenoxy) is 2. The summed E-state index contributed by atoms with van der Waals surface area (Å²) in [6.45, 7) is 10.2. The van der Waals surface area contributed by atoms with Crippen LogP contribution in [0.4, 0.5) is 4.79 Å². The van der Waals surface area contributed by atoms with E-state index in [0.717, 1.165) is 64.4 Å². The summed E-state index contributed by atoms with van der Waals surface area (Å²) in [5, 5.41) is 9.49. The second-order valence-corrected chi connectivity index (χ2v) is 6.27. The molecule has 0 radical (unpaired) electrons. The first kappa shape index (κ1) is 25.2. The van der Waals surface area contributed by atoms with Crippen molar-refractivity contribution < 1.29 is 14.3 Å². The van der Waals surface area contributed by atoms with Gasteiger partial charge in [0.05, 0.1) is 19.2 Å². The molecule has 1 aliphatic rings. The van der Waals surface area contributed by atoms with Crippen molar-refractivity contribution in [2.45, 2.75) is 58.9 Å². The Hall–Kier alpha value is -0.770.